The molecule has 0 spiro atoms. The van der Waals surface area contributed by atoms with Crippen LogP contribution in [0.2, 0.25) is 0 Å². The Balaban J connectivity index is 2.36. The molecule has 106 valence electrons. The molecule has 0 aliphatic carbocycles. The Morgan fingerprint density at radius 2 is 2.05 bits per heavy atom. The van der Waals surface area contributed by atoms with E-state index in [1.165, 1.54) is 5.56 Å². The number of nitrogens with one attached hydrogen (secondary N) is 1. The van der Waals surface area contributed by atoms with Gasteiger partial charge in [0.05, 0.1) is 6.10 Å². The van der Waals surface area contributed by atoms with Crippen LogP contribution in [-0.4, -0.2) is 22.6 Å². The quantitative estimate of drug-likeness (QED) is 0.902. The highest BCUT2D eigenvalue weighted by Gasteiger charge is 2.27. The largest absolute Gasteiger partial charge is 0.370 e. The standard InChI is InChI=1S/C15H25N3O/c1-6-16-15-13(9(2)3)11(5)17-14(18-15)12-8-7-10(4)19-12/h9-10,12H,6-8H2,1-5H3,(H,16,17,18). The summed E-state index contributed by atoms with van der Waals surface area (Å²) in [6, 6.07) is 0. The smallest absolute Gasteiger partial charge is 0.159 e. The lowest BCUT2D eigenvalue weighted by molar-refractivity contribution is 0.0502. The number of nitrogens with zero attached hydrogens (tertiary/aromatic N) is 2. The van der Waals surface area contributed by atoms with Crippen LogP contribution in [0.15, 0.2) is 0 Å². The molecule has 0 saturated carbocycles. The Morgan fingerprint density at radius 3 is 2.58 bits per heavy atom. The summed E-state index contributed by atoms with van der Waals surface area (Å²) in [5.74, 6) is 2.23. The van der Waals surface area contributed by atoms with Crippen molar-refractivity contribution in [2.24, 2.45) is 0 Å². The molecule has 0 radical (unpaired) electrons. The molecule has 1 aromatic heterocycles. The summed E-state index contributed by atoms with van der Waals surface area (Å²) in [5.41, 5.74) is 2.29. The zero-order valence-electron chi connectivity index (χ0n) is 12.7. The van der Waals surface area contributed by atoms with Crippen LogP contribution in [0.3, 0.4) is 0 Å². The minimum atomic E-state index is 0.0623. The fourth-order valence-electron chi connectivity index (χ4n) is 2.73. The third kappa shape index (κ3) is 3.06. The van der Waals surface area contributed by atoms with E-state index < -0.39 is 0 Å². The van der Waals surface area contributed by atoms with Gasteiger partial charge in [0.25, 0.3) is 0 Å². The first-order valence-electron chi connectivity index (χ1n) is 7.30. The second-order valence-corrected chi connectivity index (χ2v) is 5.63. The van der Waals surface area contributed by atoms with Gasteiger partial charge < -0.3 is 10.1 Å². The molecule has 1 aliphatic heterocycles. The molecule has 2 unspecified atom stereocenters. The van der Waals surface area contributed by atoms with Crippen molar-refractivity contribution in [2.45, 2.75) is 65.6 Å². The average molecular weight is 263 g/mol. The van der Waals surface area contributed by atoms with Crippen molar-refractivity contribution in [1.29, 1.82) is 0 Å². The van der Waals surface area contributed by atoms with E-state index in [0.29, 0.717) is 12.0 Å². The maximum Gasteiger partial charge on any atom is 0.159 e. The van der Waals surface area contributed by atoms with Gasteiger partial charge in [0.1, 0.15) is 11.9 Å². The van der Waals surface area contributed by atoms with Crippen LogP contribution >= 0.6 is 0 Å². The van der Waals surface area contributed by atoms with E-state index in [4.69, 9.17) is 9.72 Å². The van der Waals surface area contributed by atoms with Crippen LogP contribution in [-0.2, 0) is 4.74 Å². The first-order valence-corrected chi connectivity index (χ1v) is 7.30. The Kier molecular flexibility index (Phi) is 4.40. The number of ether oxygens (including phenoxy) is 1. The first-order chi connectivity index (χ1) is 9.02. The normalized spacial score (nSPS) is 23.1. The van der Waals surface area contributed by atoms with Gasteiger partial charge in [-0.05, 0) is 39.5 Å². The molecule has 19 heavy (non-hydrogen) atoms. The lowest BCUT2D eigenvalue weighted by Crippen LogP contribution is -2.13. The van der Waals surface area contributed by atoms with Crippen LogP contribution in [0.5, 0.6) is 0 Å². The molecule has 1 fully saturated rings. The molecule has 4 heteroatoms. The van der Waals surface area contributed by atoms with Crippen molar-refractivity contribution in [1.82, 2.24) is 9.97 Å². The fraction of sp³-hybridized carbons (Fsp3) is 0.733. The molecular weight excluding hydrogens is 238 g/mol. The zero-order valence-corrected chi connectivity index (χ0v) is 12.7. The number of anilines is 1. The molecule has 4 nitrogen and oxygen atoms in total. The molecule has 1 aliphatic rings. The van der Waals surface area contributed by atoms with Crippen LogP contribution in [0, 0.1) is 6.92 Å². The number of aryl methyl sites for hydroxylation is 1. The maximum absolute atomic E-state index is 5.88. The maximum atomic E-state index is 5.88. The second kappa shape index (κ2) is 5.87. The van der Waals surface area contributed by atoms with Crippen molar-refractivity contribution in [3.05, 3.63) is 17.1 Å². The highest BCUT2D eigenvalue weighted by atomic mass is 16.5. The third-order valence-corrected chi connectivity index (χ3v) is 3.60. The molecule has 2 heterocycles. The Labute approximate surface area is 116 Å². The highest BCUT2D eigenvalue weighted by Crippen LogP contribution is 2.33. The summed E-state index contributed by atoms with van der Waals surface area (Å²) in [6.07, 6.45) is 2.50. The van der Waals surface area contributed by atoms with Crippen LogP contribution in [0.4, 0.5) is 5.82 Å². The number of hydrogen-bond acceptors (Lipinski definition) is 4. The van der Waals surface area contributed by atoms with E-state index in [0.717, 1.165) is 36.7 Å². The molecule has 1 N–H and O–H groups in total. The minimum absolute atomic E-state index is 0.0623. The predicted molar refractivity (Wildman–Crippen MR) is 77.5 cm³/mol. The van der Waals surface area contributed by atoms with Gasteiger partial charge in [-0.3, -0.25) is 0 Å². The van der Waals surface area contributed by atoms with Gasteiger partial charge in [0, 0.05) is 17.8 Å². The van der Waals surface area contributed by atoms with Gasteiger partial charge >= 0.3 is 0 Å². The van der Waals surface area contributed by atoms with Gasteiger partial charge in [0.2, 0.25) is 0 Å². The lowest BCUT2D eigenvalue weighted by atomic mass is 10.0. The van der Waals surface area contributed by atoms with Crippen molar-refractivity contribution >= 4 is 5.82 Å². The number of aromatic nitrogens is 2. The summed E-state index contributed by atoms with van der Waals surface area (Å²) >= 11 is 0. The molecule has 1 aromatic rings. The Bertz CT molecular complexity index is 445. The van der Waals surface area contributed by atoms with Gasteiger partial charge in [0.15, 0.2) is 5.82 Å². The van der Waals surface area contributed by atoms with Gasteiger partial charge in [-0.15, -0.1) is 0 Å². The molecule has 0 amide bonds. The lowest BCUT2D eigenvalue weighted by Gasteiger charge is -2.18. The molecule has 0 aromatic carbocycles. The van der Waals surface area contributed by atoms with E-state index in [2.05, 4.69) is 44.9 Å². The second-order valence-electron chi connectivity index (χ2n) is 5.63. The monoisotopic (exact) mass is 263 g/mol. The zero-order chi connectivity index (χ0) is 14.0. The predicted octanol–water partition coefficient (Wildman–Crippen LogP) is 3.58. The van der Waals surface area contributed by atoms with Gasteiger partial charge in [-0.25, -0.2) is 9.97 Å². The van der Waals surface area contributed by atoms with Gasteiger partial charge in [-0.2, -0.15) is 0 Å². The van der Waals surface area contributed by atoms with Crippen molar-refractivity contribution < 1.29 is 4.74 Å². The highest BCUT2D eigenvalue weighted by molar-refractivity contribution is 5.48. The summed E-state index contributed by atoms with van der Waals surface area (Å²) in [6.45, 7) is 11.5. The van der Waals surface area contributed by atoms with Crippen LogP contribution in [0.25, 0.3) is 0 Å². The Hall–Kier alpha value is -1.16. The minimum Gasteiger partial charge on any atom is -0.370 e. The number of rotatable bonds is 4. The van der Waals surface area contributed by atoms with E-state index in [9.17, 15) is 0 Å². The molecule has 0 bridgehead atoms. The number of hydrogen-bond donors (Lipinski definition) is 1. The van der Waals surface area contributed by atoms with E-state index in [-0.39, 0.29) is 6.10 Å². The summed E-state index contributed by atoms with van der Waals surface area (Å²) in [5, 5.41) is 3.37. The van der Waals surface area contributed by atoms with Crippen molar-refractivity contribution in [2.75, 3.05) is 11.9 Å². The SMILES string of the molecule is CCNc1nc(C2CCC(C)O2)nc(C)c1C(C)C. The molecule has 2 atom stereocenters. The van der Waals surface area contributed by atoms with Crippen LogP contribution < -0.4 is 5.32 Å². The average Bonchev–Trinajstić information content (AvgIpc) is 2.75. The van der Waals surface area contributed by atoms with Crippen molar-refractivity contribution in [3.8, 4) is 0 Å². The fourth-order valence-corrected chi connectivity index (χ4v) is 2.73. The van der Waals surface area contributed by atoms with Gasteiger partial charge in [-0.1, -0.05) is 13.8 Å². The van der Waals surface area contributed by atoms with E-state index >= 15 is 0 Å². The molecule has 1 saturated heterocycles. The molecule has 2 rings (SSSR count). The third-order valence-electron chi connectivity index (χ3n) is 3.60. The summed E-state index contributed by atoms with van der Waals surface area (Å²) in [4.78, 5) is 9.39. The topological polar surface area (TPSA) is 47.0 Å². The summed E-state index contributed by atoms with van der Waals surface area (Å²) in [7, 11) is 0. The Morgan fingerprint density at radius 1 is 1.32 bits per heavy atom. The summed E-state index contributed by atoms with van der Waals surface area (Å²) < 4.78 is 5.88. The van der Waals surface area contributed by atoms with E-state index in [1.807, 2.05) is 0 Å². The van der Waals surface area contributed by atoms with Crippen LogP contribution in [0.1, 0.15) is 69.6 Å². The van der Waals surface area contributed by atoms with Crippen molar-refractivity contribution in [3.63, 3.8) is 0 Å². The first kappa shape index (κ1) is 14.3. The van der Waals surface area contributed by atoms with E-state index in [1.54, 1.807) is 0 Å². The molecular formula is C15H25N3O.